The Labute approximate surface area is 199 Å². The molecule has 26 heavy (non-hydrogen) atoms. The zero-order chi connectivity index (χ0) is 18.1. The smallest absolute Gasteiger partial charge is 0.519 e. The van der Waals surface area contributed by atoms with Gasteiger partial charge in [0.15, 0.2) is 0 Å². The Bertz CT molecular complexity index is 717. The van der Waals surface area contributed by atoms with Gasteiger partial charge in [-0.25, -0.2) is 5.16 Å². The van der Waals surface area contributed by atoms with Crippen molar-refractivity contribution in [2.45, 2.75) is 39.5 Å². The van der Waals surface area contributed by atoms with Crippen LogP contribution in [0.2, 0.25) is 0 Å². The summed E-state index contributed by atoms with van der Waals surface area (Å²) in [7, 11) is 0. The third-order valence-electron chi connectivity index (χ3n) is 3.60. The third-order valence-corrected chi connectivity index (χ3v) is 3.60. The number of benzene rings is 2. The van der Waals surface area contributed by atoms with E-state index in [4.69, 9.17) is 9.26 Å². The zero-order valence-corrected chi connectivity index (χ0v) is 19.5. The first-order chi connectivity index (χ1) is 11.9. The molecule has 0 N–H and O–H groups in total. The summed E-state index contributed by atoms with van der Waals surface area (Å²) >= 11 is 0. The summed E-state index contributed by atoms with van der Waals surface area (Å²) in [4.78, 5) is 0. The van der Waals surface area contributed by atoms with Crippen LogP contribution in [0.25, 0.3) is 0 Å². The molecule has 0 saturated carbocycles. The second kappa shape index (κ2) is 11.7. The summed E-state index contributed by atoms with van der Waals surface area (Å²) in [6, 6.07) is 20.9. The van der Waals surface area contributed by atoms with Gasteiger partial charge < -0.3 is 9.26 Å². The van der Waals surface area contributed by atoms with Gasteiger partial charge in [0.25, 0.3) is 0 Å². The van der Waals surface area contributed by atoms with Gasteiger partial charge in [0.2, 0.25) is 0 Å². The Morgan fingerprint density at radius 1 is 1.04 bits per heavy atom. The number of aromatic nitrogens is 1. The van der Waals surface area contributed by atoms with Crippen LogP contribution in [0.15, 0.2) is 59.1 Å². The average molecular weight is 375 g/mol. The van der Waals surface area contributed by atoms with E-state index in [1.807, 2.05) is 24.3 Å². The molecule has 3 nitrogen and oxygen atoms in total. The molecule has 4 heteroatoms. The van der Waals surface area contributed by atoms with E-state index in [0.29, 0.717) is 6.61 Å². The molecule has 3 rings (SSSR count). The van der Waals surface area contributed by atoms with Gasteiger partial charge >= 0.3 is 51.4 Å². The Hall–Kier alpha value is -0.914. The normalized spacial score (nSPS) is 10.3. The van der Waals surface area contributed by atoms with Gasteiger partial charge in [-0.1, -0.05) is 50.6 Å². The molecule has 0 aliphatic carbocycles. The van der Waals surface area contributed by atoms with Crippen LogP contribution in [0.3, 0.4) is 0 Å². The van der Waals surface area contributed by atoms with Gasteiger partial charge in [0, 0.05) is 12.2 Å². The molecule has 0 aliphatic rings. The molecule has 0 atom stereocenters. The van der Waals surface area contributed by atoms with Crippen LogP contribution in [-0.4, -0.2) is 11.8 Å². The van der Waals surface area contributed by atoms with E-state index in [2.05, 4.69) is 69.4 Å². The predicted octanol–water partition coefficient (Wildman–Crippen LogP) is 2.19. The molecule has 132 valence electrons. The maximum absolute atomic E-state index is 5.62. The van der Waals surface area contributed by atoms with Crippen molar-refractivity contribution in [2.75, 3.05) is 6.61 Å². The monoisotopic (exact) mass is 374 g/mol. The molecule has 3 aromatic rings. The van der Waals surface area contributed by atoms with Crippen LogP contribution in [0.5, 0.6) is 5.75 Å². The quantitative estimate of drug-likeness (QED) is 0.519. The van der Waals surface area contributed by atoms with E-state index in [1.54, 1.807) is 6.07 Å². The first-order valence-corrected chi connectivity index (χ1v) is 8.43. The molecule has 0 saturated heterocycles. The van der Waals surface area contributed by atoms with Crippen molar-refractivity contribution >= 4 is 0 Å². The fraction of sp³-hybridized carbons (Fsp3) is 0.318. The number of rotatable bonds is 4. The molecule has 1 heterocycles. The number of hydrogen-bond donors (Lipinski definition) is 0. The van der Waals surface area contributed by atoms with Crippen LogP contribution >= 0.6 is 0 Å². The van der Waals surface area contributed by atoms with Crippen molar-refractivity contribution in [1.29, 1.82) is 0 Å². The van der Waals surface area contributed by atoms with E-state index in [0.717, 1.165) is 17.9 Å². The van der Waals surface area contributed by atoms with Crippen LogP contribution in [-0.2, 0) is 11.8 Å². The van der Waals surface area contributed by atoms with Crippen molar-refractivity contribution in [3.63, 3.8) is 0 Å². The van der Waals surface area contributed by atoms with Gasteiger partial charge in [-0.05, 0) is 23.7 Å². The molecule has 0 unspecified atom stereocenters. The Kier molecular flexibility index (Phi) is 10.4. The van der Waals surface area contributed by atoms with Crippen LogP contribution in [0.1, 0.15) is 37.7 Å². The second-order valence-corrected chi connectivity index (χ2v) is 6.89. The molecule has 0 radical (unpaired) electrons. The number of hydrogen-bond acceptors (Lipinski definition) is 3. The van der Waals surface area contributed by atoms with Crippen molar-refractivity contribution in [3.8, 4) is 5.75 Å². The van der Waals surface area contributed by atoms with E-state index in [-0.39, 0.29) is 56.8 Å². The minimum atomic E-state index is 0. The van der Waals surface area contributed by atoms with Gasteiger partial charge in [-0.3, -0.25) is 0 Å². The van der Waals surface area contributed by atoms with E-state index >= 15 is 0 Å². The molecular formula is C22H25KNO2-. The molecule has 2 aromatic carbocycles. The maximum atomic E-state index is 5.62. The van der Waals surface area contributed by atoms with Crippen molar-refractivity contribution in [3.05, 3.63) is 83.7 Å². The predicted molar refractivity (Wildman–Crippen MR) is 99.7 cm³/mol. The topological polar surface area (TPSA) is 35.3 Å². The number of ether oxygens (including phenoxy) is 1. The molecule has 0 spiro atoms. The fourth-order valence-electron chi connectivity index (χ4n) is 2.05. The molecule has 0 fully saturated rings. The second-order valence-electron chi connectivity index (χ2n) is 6.89. The summed E-state index contributed by atoms with van der Waals surface area (Å²) in [6.07, 6.45) is 3.56. The zero-order valence-electron chi connectivity index (χ0n) is 16.4. The maximum Gasteiger partial charge on any atom is 1.00 e. The minimum absolute atomic E-state index is 0. The summed E-state index contributed by atoms with van der Waals surface area (Å²) < 4.78 is 10.5. The minimum Gasteiger partial charge on any atom is -0.519 e. The van der Waals surface area contributed by atoms with Gasteiger partial charge in [-0.2, -0.15) is 24.3 Å². The summed E-state index contributed by atoms with van der Waals surface area (Å²) in [5, 5.41) is 3.49. The van der Waals surface area contributed by atoms with Crippen LogP contribution < -0.4 is 56.1 Å². The van der Waals surface area contributed by atoms with E-state index in [1.165, 1.54) is 11.1 Å². The average Bonchev–Trinajstić information content (AvgIpc) is 3.13. The largest absolute Gasteiger partial charge is 1.00 e. The van der Waals surface area contributed by atoms with Gasteiger partial charge in [0.1, 0.15) is 0 Å². The Balaban J connectivity index is 0.000000290. The molecule has 1 aromatic heterocycles. The first-order valence-electron chi connectivity index (χ1n) is 8.43. The first kappa shape index (κ1) is 23.1. The molecular weight excluding hydrogens is 349 g/mol. The van der Waals surface area contributed by atoms with Gasteiger partial charge in [0.05, 0.1) is 6.61 Å². The van der Waals surface area contributed by atoms with Crippen LogP contribution in [0.4, 0.5) is 0 Å². The summed E-state index contributed by atoms with van der Waals surface area (Å²) in [6.45, 7) is 9.03. The summed E-state index contributed by atoms with van der Waals surface area (Å²) in [5.41, 5.74) is 2.67. The molecule has 0 bridgehead atoms. The van der Waals surface area contributed by atoms with Crippen molar-refractivity contribution < 1.29 is 60.6 Å². The summed E-state index contributed by atoms with van der Waals surface area (Å²) in [5.74, 6) is 1.79. The fourth-order valence-corrected chi connectivity index (χ4v) is 2.05. The van der Waals surface area contributed by atoms with Crippen LogP contribution in [0, 0.1) is 19.2 Å². The van der Waals surface area contributed by atoms with Gasteiger partial charge in [-0.15, -0.1) is 18.3 Å². The Morgan fingerprint density at radius 2 is 1.69 bits per heavy atom. The Morgan fingerprint density at radius 3 is 2.19 bits per heavy atom. The van der Waals surface area contributed by atoms with E-state index < -0.39 is 0 Å². The standard InChI is InChI=1S/C15H15O.C7H10NO.K/c1-13-7-9-14(10-8-13)11-12-16-15-5-3-2-4-6-15;1-7(2,3)6-4-5-8-9-6;/h3-10H,11-12H2,1H3;4H,1-3H3;/q2*-1;+1. The molecule has 0 amide bonds. The molecule has 0 aliphatic heterocycles. The SMILES string of the molecule is CC(C)(C)c1c[c-]no1.Cc1ccc(CCOc2cc[c-]cc2)cc1.[K+]. The van der Waals surface area contributed by atoms with Crippen molar-refractivity contribution in [1.82, 2.24) is 5.16 Å². The third kappa shape index (κ3) is 8.65. The van der Waals surface area contributed by atoms with Crippen molar-refractivity contribution in [2.24, 2.45) is 0 Å². The number of aryl methyl sites for hydroxylation is 1. The number of nitrogens with zero attached hydrogens (tertiary/aromatic N) is 1. The van der Waals surface area contributed by atoms with E-state index in [9.17, 15) is 0 Å².